The maximum atomic E-state index is 13.1. The van der Waals surface area contributed by atoms with E-state index in [9.17, 15) is 18.0 Å². The fourth-order valence-corrected chi connectivity index (χ4v) is 4.04. The Kier molecular flexibility index (Phi) is 9.75. The number of methoxy groups -OCH3 is 2. The third-order valence-corrected chi connectivity index (χ3v) is 5.72. The number of hydrogen-bond acceptors (Lipinski definition) is 7. The normalized spacial score (nSPS) is 11.5. The summed E-state index contributed by atoms with van der Waals surface area (Å²) in [5.74, 6) is 0.448. The van der Waals surface area contributed by atoms with Gasteiger partial charge in [0.15, 0.2) is 16.6 Å². The first-order valence-electron chi connectivity index (χ1n) is 10.1. The summed E-state index contributed by atoms with van der Waals surface area (Å²) < 4.78 is 52.7. The smallest absolute Gasteiger partial charge is 0.493 e. The molecule has 0 fully saturated rings. The van der Waals surface area contributed by atoms with E-state index in [2.05, 4.69) is 9.72 Å². The molecule has 1 heterocycles. The first kappa shape index (κ1) is 28.2. The predicted octanol–water partition coefficient (Wildman–Crippen LogP) is 5.24. The zero-order chi connectivity index (χ0) is 24.9. The second kappa shape index (κ2) is 12.1. The molecule has 0 spiro atoms. The first-order valence-corrected chi connectivity index (χ1v) is 10.9. The van der Waals surface area contributed by atoms with Crippen LogP contribution in [0.2, 0.25) is 0 Å². The highest BCUT2D eigenvalue weighted by Crippen LogP contribution is 2.33. The molecule has 35 heavy (non-hydrogen) atoms. The summed E-state index contributed by atoms with van der Waals surface area (Å²) in [5.41, 5.74) is 1.21. The largest absolute Gasteiger partial charge is 0.573 e. The van der Waals surface area contributed by atoms with Crippen LogP contribution in [0.5, 0.6) is 17.2 Å². The van der Waals surface area contributed by atoms with Crippen molar-refractivity contribution < 1.29 is 32.2 Å². The molecule has 3 rings (SSSR count). The van der Waals surface area contributed by atoms with Gasteiger partial charge in [-0.05, 0) is 50.0 Å². The number of carbonyl (C=O) groups excluding carboxylic acids is 1. The number of nitrogens with zero attached hydrogens (tertiary/aromatic N) is 3. The molecule has 0 aliphatic rings. The van der Waals surface area contributed by atoms with E-state index in [0.717, 1.165) is 16.9 Å². The van der Waals surface area contributed by atoms with Crippen LogP contribution in [0.3, 0.4) is 0 Å². The molecular weight excluding hydrogens is 507 g/mol. The molecule has 1 aromatic heterocycles. The number of thiazole rings is 1. The topological polar surface area (TPSA) is 64.1 Å². The Hall–Kier alpha value is -3.02. The molecule has 0 unspecified atom stereocenters. The number of aromatic nitrogens is 1. The van der Waals surface area contributed by atoms with E-state index in [1.165, 1.54) is 43.4 Å². The van der Waals surface area contributed by atoms with Crippen molar-refractivity contribution >= 4 is 51.1 Å². The van der Waals surface area contributed by atoms with Crippen molar-refractivity contribution in [2.24, 2.45) is 0 Å². The molecule has 3 aromatic rings. The standard InChI is InChI=1S/C23H24F3N3O4S.ClH/c1-28(2)11-12-29(21(30)10-6-15-5-9-18(31-3)19(13-15)32-4)22-27-17-8-7-16(14-20(17)34-22)33-23(24,25)26;/h5-10,13-14H,11-12H2,1-4H3;1H. The molecule has 2 aromatic carbocycles. The van der Waals surface area contributed by atoms with Gasteiger partial charge >= 0.3 is 6.36 Å². The molecule has 0 N–H and O–H groups in total. The molecule has 0 saturated heterocycles. The molecular formula is C23H25ClF3N3O4S. The van der Waals surface area contributed by atoms with Gasteiger partial charge in [-0.15, -0.1) is 25.6 Å². The molecule has 0 saturated carbocycles. The molecule has 7 nitrogen and oxygen atoms in total. The van der Waals surface area contributed by atoms with Gasteiger partial charge in [0, 0.05) is 25.2 Å². The SMILES string of the molecule is COc1ccc(C=CC(=O)N(CCN(C)C)c2nc3ccc(OC(F)(F)F)cc3s2)cc1OC.Cl. The van der Waals surface area contributed by atoms with Gasteiger partial charge in [-0.1, -0.05) is 17.4 Å². The van der Waals surface area contributed by atoms with Crippen molar-refractivity contribution in [1.29, 1.82) is 0 Å². The van der Waals surface area contributed by atoms with E-state index < -0.39 is 6.36 Å². The lowest BCUT2D eigenvalue weighted by molar-refractivity contribution is -0.274. The van der Waals surface area contributed by atoms with E-state index in [1.807, 2.05) is 19.0 Å². The minimum Gasteiger partial charge on any atom is -0.493 e. The number of likely N-dealkylation sites (N-methyl/N-ethyl adjacent to an activating group) is 1. The summed E-state index contributed by atoms with van der Waals surface area (Å²) in [6.45, 7) is 0.905. The van der Waals surface area contributed by atoms with E-state index >= 15 is 0 Å². The highest BCUT2D eigenvalue weighted by Gasteiger charge is 2.31. The first-order chi connectivity index (χ1) is 16.1. The predicted molar refractivity (Wildman–Crippen MR) is 133 cm³/mol. The molecule has 0 radical (unpaired) electrons. The van der Waals surface area contributed by atoms with Crippen LogP contribution in [0.1, 0.15) is 5.56 Å². The van der Waals surface area contributed by atoms with Crippen molar-refractivity contribution in [2.75, 3.05) is 46.3 Å². The van der Waals surface area contributed by atoms with Crippen molar-refractivity contribution in [2.45, 2.75) is 6.36 Å². The maximum absolute atomic E-state index is 13.1. The van der Waals surface area contributed by atoms with Crippen LogP contribution in [-0.2, 0) is 4.79 Å². The zero-order valence-electron chi connectivity index (χ0n) is 19.5. The van der Waals surface area contributed by atoms with Crippen molar-refractivity contribution in [3.63, 3.8) is 0 Å². The lowest BCUT2D eigenvalue weighted by Gasteiger charge is -2.20. The second-order valence-corrected chi connectivity index (χ2v) is 8.42. The Balaban J connectivity index is 0.00000432. The van der Waals surface area contributed by atoms with Crippen LogP contribution < -0.4 is 19.1 Å². The Morgan fingerprint density at radius 1 is 1.06 bits per heavy atom. The third-order valence-electron chi connectivity index (χ3n) is 4.68. The average molecular weight is 532 g/mol. The monoisotopic (exact) mass is 531 g/mol. The Morgan fingerprint density at radius 2 is 1.77 bits per heavy atom. The van der Waals surface area contributed by atoms with Crippen LogP contribution >= 0.6 is 23.7 Å². The van der Waals surface area contributed by atoms with E-state index in [4.69, 9.17) is 9.47 Å². The number of ether oxygens (including phenoxy) is 3. The summed E-state index contributed by atoms with van der Waals surface area (Å²) in [5, 5.41) is 0.378. The van der Waals surface area contributed by atoms with Gasteiger partial charge in [0.05, 0.1) is 24.4 Å². The number of amides is 1. The summed E-state index contributed by atoms with van der Waals surface area (Å²) >= 11 is 1.12. The number of rotatable bonds is 9. The van der Waals surface area contributed by atoms with Gasteiger partial charge in [-0.25, -0.2) is 4.98 Å². The molecule has 0 bridgehead atoms. The van der Waals surface area contributed by atoms with E-state index in [1.54, 1.807) is 24.3 Å². The number of hydrogen-bond donors (Lipinski definition) is 0. The van der Waals surface area contributed by atoms with Crippen LogP contribution in [0, 0.1) is 0 Å². The van der Waals surface area contributed by atoms with Crippen molar-refractivity contribution in [1.82, 2.24) is 9.88 Å². The van der Waals surface area contributed by atoms with Gasteiger partial charge < -0.3 is 19.1 Å². The van der Waals surface area contributed by atoms with Crippen LogP contribution in [0.4, 0.5) is 18.3 Å². The van der Waals surface area contributed by atoms with Gasteiger partial charge in [-0.3, -0.25) is 9.69 Å². The highest BCUT2D eigenvalue weighted by molar-refractivity contribution is 7.22. The van der Waals surface area contributed by atoms with Crippen molar-refractivity contribution in [3.8, 4) is 17.2 Å². The van der Waals surface area contributed by atoms with Crippen LogP contribution in [-0.4, -0.2) is 63.6 Å². The third kappa shape index (κ3) is 7.74. The Labute approximate surface area is 211 Å². The van der Waals surface area contributed by atoms with Gasteiger partial charge in [-0.2, -0.15) is 0 Å². The highest BCUT2D eigenvalue weighted by atomic mass is 35.5. The number of anilines is 1. The Morgan fingerprint density at radius 3 is 2.40 bits per heavy atom. The lowest BCUT2D eigenvalue weighted by Crippen LogP contribution is -2.35. The molecule has 1 amide bonds. The molecule has 0 aliphatic carbocycles. The summed E-state index contributed by atoms with van der Waals surface area (Å²) in [4.78, 5) is 21.0. The minimum absolute atomic E-state index is 0. The van der Waals surface area contributed by atoms with Crippen molar-refractivity contribution in [3.05, 3.63) is 48.0 Å². The fourth-order valence-electron chi connectivity index (χ4n) is 3.02. The van der Waals surface area contributed by atoms with Gasteiger partial charge in [0.2, 0.25) is 0 Å². The number of alkyl halides is 3. The molecule has 190 valence electrons. The maximum Gasteiger partial charge on any atom is 0.573 e. The average Bonchev–Trinajstić information content (AvgIpc) is 3.19. The van der Waals surface area contributed by atoms with Gasteiger partial charge in [0.1, 0.15) is 5.75 Å². The van der Waals surface area contributed by atoms with Gasteiger partial charge in [0.25, 0.3) is 5.91 Å². The van der Waals surface area contributed by atoms with Crippen LogP contribution in [0.25, 0.3) is 16.3 Å². The van der Waals surface area contributed by atoms with E-state index in [-0.39, 0.29) is 24.1 Å². The molecule has 0 aliphatic heterocycles. The number of fused-ring (bicyclic) bond motifs is 1. The number of benzene rings is 2. The van der Waals surface area contributed by atoms with Crippen LogP contribution in [0.15, 0.2) is 42.5 Å². The molecule has 0 atom stereocenters. The number of halogens is 4. The molecule has 12 heteroatoms. The number of carbonyl (C=O) groups is 1. The fraction of sp³-hybridized carbons (Fsp3) is 0.304. The quantitative estimate of drug-likeness (QED) is 0.352. The summed E-state index contributed by atoms with van der Waals surface area (Å²) in [7, 11) is 6.82. The summed E-state index contributed by atoms with van der Waals surface area (Å²) in [6.07, 6.45) is -1.72. The Bertz CT molecular complexity index is 1180. The zero-order valence-corrected chi connectivity index (χ0v) is 21.1. The summed E-state index contributed by atoms with van der Waals surface area (Å²) in [6, 6.07) is 9.16. The minimum atomic E-state index is -4.79. The second-order valence-electron chi connectivity index (χ2n) is 7.41. The lowest BCUT2D eigenvalue weighted by atomic mass is 10.2. The van der Waals surface area contributed by atoms with E-state index in [0.29, 0.717) is 39.9 Å².